The molecule has 1 heterocycles. The third-order valence-electron chi connectivity index (χ3n) is 3.85. The third-order valence-corrected chi connectivity index (χ3v) is 4.32. The summed E-state index contributed by atoms with van der Waals surface area (Å²) < 4.78 is 27.8. The van der Waals surface area contributed by atoms with E-state index in [4.69, 9.17) is 17.3 Å². The fraction of sp³-hybridized carbons (Fsp3) is 0.167. The largest absolute Gasteiger partial charge is 0.324 e. The summed E-state index contributed by atoms with van der Waals surface area (Å²) in [7, 11) is 0. The molecule has 0 amide bonds. The van der Waals surface area contributed by atoms with Gasteiger partial charge in [-0.25, -0.2) is 13.8 Å². The number of benzene rings is 2. The molecule has 0 saturated heterocycles. The minimum absolute atomic E-state index is 0.0803. The number of nitrogens with two attached hydrogens (primary N) is 1. The van der Waals surface area contributed by atoms with Gasteiger partial charge in [-0.15, -0.1) is 0 Å². The molecule has 3 rings (SSSR count). The average molecular weight is 333 g/mol. The van der Waals surface area contributed by atoms with Crippen molar-refractivity contribution >= 4 is 22.5 Å². The molecule has 118 valence electrons. The topological polar surface area (TPSA) is 38.9 Å². The van der Waals surface area contributed by atoms with Crippen LogP contribution in [0.2, 0.25) is 5.02 Å². The lowest BCUT2D eigenvalue weighted by Gasteiger charge is -2.15. The molecule has 0 bridgehead atoms. The Bertz CT molecular complexity index is 907. The fourth-order valence-electron chi connectivity index (χ4n) is 2.57. The van der Waals surface area contributed by atoms with Crippen LogP contribution < -0.4 is 5.73 Å². The van der Waals surface area contributed by atoms with Gasteiger partial charge in [-0.3, -0.25) is 0 Å². The second-order valence-electron chi connectivity index (χ2n) is 5.58. The zero-order chi connectivity index (χ0) is 16.7. The number of hydrogen-bond donors (Lipinski definition) is 1. The number of aromatic nitrogens is 1. The van der Waals surface area contributed by atoms with Crippen molar-refractivity contribution in [1.29, 1.82) is 0 Å². The zero-order valence-corrected chi connectivity index (χ0v) is 13.5. The molecule has 5 heteroatoms. The van der Waals surface area contributed by atoms with Crippen LogP contribution in [0.5, 0.6) is 0 Å². The highest BCUT2D eigenvalue weighted by molar-refractivity contribution is 6.35. The van der Waals surface area contributed by atoms with Crippen LogP contribution in [0.4, 0.5) is 8.78 Å². The fourth-order valence-corrected chi connectivity index (χ4v) is 2.79. The Hall–Kier alpha value is -2.04. The van der Waals surface area contributed by atoms with Crippen LogP contribution in [0.15, 0.2) is 36.4 Å². The van der Waals surface area contributed by atoms with Crippen molar-refractivity contribution in [1.82, 2.24) is 4.98 Å². The third kappa shape index (κ3) is 2.69. The highest BCUT2D eigenvalue weighted by Crippen LogP contribution is 2.34. The van der Waals surface area contributed by atoms with E-state index in [-0.39, 0.29) is 11.6 Å². The van der Waals surface area contributed by atoms with Crippen molar-refractivity contribution in [3.63, 3.8) is 0 Å². The van der Waals surface area contributed by atoms with Gasteiger partial charge in [0, 0.05) is 17.0 Å². The number of nitrogens with zero attached hydrogens (tertiary/aromatic N) is 1. The van der Waals surface area contributed by atoms with E-state index in [0.29, 0.717) is 21.8 Å². The molecule has 0 saturated carbocycles. The van der Waals surface area contributed by atoms with Gasteiger partial charge in [0.1, 0.15) is 0 Å². The van der Waals surface area contributed by atoms with Crippen molar-refractivity contribution in [3.8, 4) is 11.3 Å². The standard InChI is InChI=1S/C18H15ClF2N2/c1-9-6-7-11-8-13(10(2)22)18(23-17(11)15(9)19)12-4-3-5-14(20)16(12)21/h3-8,10H,22H2,1-2H3/t10-/m0/s1. The highest BCUT2D eigenvalue weighted by atomic mass is 35.5. The lowest BCUT2D eigenvalue weighted by atomic mass is 9.98. The van der Waals surface area contributed by atoms with E-state index in [1.807, 2.05) is 25.1 Å². The van der Waals surface area contributed by atoms with E-state index < -0.39 is 11.6 Å². The Morgan fingerprint density at radius 3 is 2.61 bits per heavy atom. The molecule has 0 unspecified atom stereocenters. The van der Waals surface area contributed by atoms with Crippen LogP contribution in [0.25, 0.3) is 22.2 Å². The van der Waals surface area contributed by atoms with Gasteiger partial charge in [0.2, 0.25) is 0 Å². The molecule has 1 aromatic heterocycles. The Morgan fingerprint density at radius 1 is 1.17 bits per heavy atom. The predicted molar refractivity (Wildman–Crippen MR) is 89.4 cm³/mol. The molecule has 23 heavy (non-hydrogen) atoms. The number of hydrogen-bond acceptors (Lipinski definition) is 2. The Kier molecular flexibility index (Phi) is 4.04. The maximum Gasteiger partial charge on any atom is 0.168 e. The summed E-state index contributed by atoms with van der Waals surface area (Å²) in [6.45, 7) is 3.64. The monoisotopic (exact) mass is 332 g/mol. The number of rotatable bonds is 2. The van der Waals surface area contributed by atoms with E-state index in [0.717, 1.165) is 17.0 Å². The number of pyridine rings is 1. The second kappa shape index (κ2) is 5.87. The van der Waals surface area contributed by atoms with Crippen molar-refractivity contribution < 1.29 is 8.78 Å². The maximum absolute atomic E-state index is 14.2. The number of halogens is 3. The first-order valence-corrected chi connectivity index (χ1v) is 7.57. The highest BCUT2D eigenvalue weighted by Gasteiger charge is 2.18. The van der Waals surface area contributed by atoms with E-state index in [9.17, 15) is 8.78 Å². The van der Waals surface area contributed by atoms with Crippen molar-refractivity contribution in [3.05, 3.63) is 64.2 Å². The summed E-state index contributed by atoms with van der Waals surface area (Å²) in [5.74, 6) is -1.86. The molecule has 0 fully saturated rings. The van der Waals surface area contributed by atoms with Crippen LogP contribution in [-0.2, 0) is 0 Å². The quantitative estimate of drug-likeness (QED) is 0.703. The first-order chi connectivity index (χ1) is 10.9. The van der Waals surface area contributed by atoms with Crippen molar-refractivity contribution in [2.45, 2.75) is 19.9 Å². The normalized spacial score (nSPS) is 12.6. The Morgan fingerprint density at radius 2 is 1.91 bits per heavy atom. The SMILES string of the molecule is Cc1ccc2cc([C@H](C)N)c(-c3cccc(F)c3F)nc2c1Cl. The van der Waals surface area contributed by atoms with Gasteiger partial charge >= 0.3 is 0 Å². The minimum Gasteiger partial charge on any atom is -0.324 e. The second-order valence-corrected chi connectivity index (χ2v) is 5.96. The molecule has 1 atom stereocenters. The Labute approximate surface area is 137 Å². The molecule has 0 spiro atoms. The van der Waals surface area contributed by atoms with E-state index in [1.54, 1.807) is 6.92 Å². The molecule has 0 aliphatic heterocycles. The molecular formula is C18H15ClF2N2. The predicted octanol–water partition coefficient (Wildman–Crippen LogP) is 5.16. The van der Waals surface area contributed by atoms with Crippen LogP contribution >= 0.6 is 11.6 Å². The lowest BCUT2D eigenvalue weighted by Crippen LogP contribution is -2.09. The van der Waals surface area contributed by atoms with Gasteiger partial charge in [-0.2, -0.15) is 0 Å². The smallest absolute Gasteiger partial charge is 0.168 e. The molecule has 2 nitrogen and oxygen atoms in total. The van der Waals surface area contributed by atoms with Gasteiger partial charge in [0.15, 0.2) is 11.6 Å². The molecule has 0 aliphatic carbocycles. The van der Waals surface area contributed by atoms with Gasteiger partial charge in [-0.05, 0) is 43.2 Å². The summed E-state index contributed by atoms with van der Waals surface area (Å²) in [6.07, 6.45) is 0. The molecule has 2 N–H and O–H groups in total. The molecule has 2 aromatic carbocycles. The van der Waals surface area contributed by atoms with Crippen LogP contribution in [0.3, 0.4) is 0 Å². The first-order valence-electron chi connectivity index (χ1n) is 7.20. The van der Waals surface area contributed by atoms with Gasteiger partial charge in [-0.1, -0.05) is 29.8 Å². The van der Waals surface area contributed by atoms with Crippen LogP contribution in [0.1, 0.15) is 24.1 Å². The van der Waals surface area contributed by atoms with Gasteiger partial charge in [0.05, 0.1) is 16.2 Å². The van der Waals surface area contributed by atoms with Gasteiger partial charge in [0.25, 0.3) is 0 Å². The minimum atomic E-state index is -0.940. The van der Waals surface area contributed by atoms with E-state index in [1.165, 1.54) is 12.1 Å². The number of fused-ring (bicyclic) bond motifs is 1. The first kappa shape index (κ1) is 15.8. The van der Waals surface area contributed by atoms with Crippen molar-refractivity contribution in [2.75, 3.05) is 0 Å². The van der Waals surface area contributed by atoms with Crippen LogP contribution in [0, 0.1) is 18.6 Å². The molecular weight excluding hydrogens is 318 g/mol. The summed E-state index contributed by atoms with van der Waals surface area (Å²) in [6, 6.07) is 9.23. The summed E-state index contributed by atoms with van der Waals surface area (Å²) in [5.41, 5.74) is 8.46. The summed E-state index contributed by atoms with van der Waals surface area (Å²) in [5, 5.41) is 1.31. The average Bonchev–Trinajstić information content (AvgIpc) is 2.53. The summed E-state index contributed by atoms with van der Waals surface area (Å²) >= 11 is 6.33. The van der Waals surface area contributed by atoms with E-state index >= 15 is 0 Å². The van der Waals surface area contributed by atoms with Gasteiger partial charge < -0.3 is 5.73 Å². The lowest BCUT2D eigenvalue weighted by molar-refractivity contribution is 0.511. The summed E-state index contributed by atoms with van der Waals surface area (Å²) in [4.78, 5) is 4.51. The van der Waals surface area contributed by atoms with Crippen molar-refractivity contribution in [2.24, 2.45) is 5.73 Å². The molecule has 0 radical (unpaired) electrons. The molecule has 3 aromatic rings. The Balaban J connectivity index is 2.40. The maximum atomic E-state index is 14.2. The zero-order valence-electron chi connectivity index (χ0n) is 12.7. The number of aryl methyl sites for hydroxylation is 1. The van der Waals surface area contributed by atoms with E-state index in [2.05, 4.69) is 4.98 Å². The molecule has 0 aliphatic rings. The van der Waals surface area contributed by atoms with Crippen LogP contribution in [-0.4, -0.2) is 4.98 Å².